The van der Waals surface area contributed by atoms with Crippen LogP contribution in [-0.2, 0) is 11.2 Å². The lowest BCUT2D eigenvalue weighted by Gasteiger charge is -2.41. The molecule has 1 fully saturated rings. The summed E-state index contributed by atoms with van der Waals surface area (Å²) in [5.41, 5.74) is 3.61. The van der Waals surface area contributed by atoms with Crippen molar-refractivity contribution in [3.05, 3.63) is 65.7 Å². The summed E-state index contributed by atoms with van der Waals surface area (Å²) in [7, 11) is 0. The third-order valence-electron chi connectivity index (χ3n) is 4.97. The van der Waals surface area contributed by atoms with Crippen molar-refractivity contribution in [2.24, 2.45) is 0 Å². The van der Waals surface area contributed by atoms with Crippen LogP contribution < -0.4 is 4.90 Å². The highest BCUT2D eigenvalue weighted by Crippen LogP contribution is 2.24. The van der Waals surface area contributed by atoms with E-state index in [0.29, 0.717) is 12.3 Å². The number of hydrogen-bond acceptors (Lipinski definition) is 2. The quantitative estimate of drug-likeness (QED) is 0.846. The second-order valence-corrected chi connectivity index (χ2v) is 7.22. The highest BCUT2D eigenvalue weighted by atomic mass is 16.2. The predicted octanol–water partition coefficient (Wildman–Crippen LogP) is 3.89. The molecular weight excluding hydrogens is 308 g/mol. The third kappa shape index (κ3) is 4.22. The van der Waals surface area contributed by atoms with Gasteiger partial charge in [0.1, 0.15) is 0 Å². The molecule has 1 aliphatic rings. The molecule has 1 heterocycles. The zero-order valence-corrected chi connectivity index (χ0v) is 15.4. The molecule has 1 saturated heterocycles. The lowest BCUT2D eigenvalue weighted by atomic mass is 10.0. The molecule has 3 nitrogen and oxygen atoms in total. The van der Waals surface area contributed by atoms with Gasteiger partial charge in [0.25, 0.3) is 0 Å². The molecule has 1 amide bonds. The van der Waals surface area contributed by atoms with E-state index in [2.05, 4.69) is 49.9 Å². The van der Waals surface area contributed by atoms with Crippen LogP contribution in [0.25, 0.3) is 0 Å². The fourth-order valence-electron chi connectivity index (χ4n) is 3.43. The second kappa shape index (κ2) is 7.73. The molecule has 1 unspecified atom stereocenters. The number of benzene rings is 2. The van der Waals surface area contributed by atoms with E-state index in [9.17, 15) is 4.79 Å². The summed E-state index contributed by atoms with van der Waals surface area (Å²) in [5.74, 6) is 0.725. The van der Waals surface area contributed by atoms with Crippen molar-refractivity contribution >= 4 is 11.6 Å². The monoisotopic (exact) mass is 335 g/mol. The molecule has 131 valence electrons. The Labute approximate surface area is 151 Å². The van der Waals surface area contributed by atoms with E-state index in [1.165, 1.54) is 11.3 Å². The number of anilines is 1. The van der Waals surface area contributed by atoms with Crippen LogP contribution >= 0.6 is 0 Å². The maximum atomic E-state index is 12.7. The molecule has 1 radical (unpaired) electrons. The van der Waals surface area contributed by atoms with Gasteiger partial charge in [-0.05, 0) is 42.2 Å². The molecule has 2 aromatic rings. The van der Waals surface area contributed by atoms with E-state index < -0.39 is 0 Å². The summed E-state index contributed by atoms with van der Waals surface area (Å²) in [4.78, 5) is 17.1. The van der Waals surface area contributed by atoms with E-state index in [1.54, 1.807) is 0 Å². The van der Waals surface area contributed by atoms with Crippen molar-refractivity contribution in [2.45, 2.75) is 39.2 Å². The average molecular weight is 335 g/mol. The molecule has 1 atom stereocenters. The largest absolute Gasteiger partial charge is 0.368 e. The molecule has 0 N–H and O–H groups in total. The lowest BCUT2D eigenvalue weighted by molar-refractivity contribution is -0.132. The van der Waals surface area contributed by atoms with Gasteiger partial charge in [0.05, 0.1) is 6.42 Å². The number of carbonyl (C=O) groups is 1. The molecule has 3 rings (SSSR count). The van der Waals surface area contributed by atoms with Gasteiger partial charge in [0.15, 0.2) is 0 Å². The first-order valence-corrected chi connectivity index (χ1v) is 9.14. The van der Waals surface area contributed by atoms with Crippen molar-refractivity contribution < 1.29 is 4.79 Å². The second-order valence-electron chi connectivity index (χ2n) is 7.22. The standard InChI is InChI=1S/C22H27N2O/c1-17(2)20-10-7-11-21(15-20)23-12-13-24(18(3)16-23)22(25)14-19-8-5-4-6-9-19/h4-6,8-11,15,17-18H,12-14,16H2,1-3H3. The zero-order valence-electron chi connectivity index (χ0n) is 15.4. The lowest BCUT2D eigenvalue weighted by Crippen LogP contribution is -2.54. The van der Waals surface area contributed by atoms with Crippen LogP contribution in [0.1, 0.15) is 37.8 Å². The fraction of sp³-hybridized carbons (Fsp3) is 0.409. The molecule has 2 aromatic carbocycles. The van der Waals surface area contributed by atoms with Crippen LogP contribution in [-0.4, -0.2) is 36.5 Å². The minimum Gasteiger partial charge on any atom is -0.368 e. The topological polar surface area (TPSA) is 23.6 Å². The highest BCUT2D eigenvalue weighted by Gasteiger charge is 2.27. The number of nitrogens with zero attached hydrogens (tertiary/aromatic N) is 2. The van der Waals surface area contributed by atoms with Gasteiger partial charge in [-0.2, -0.15) is 0 Å². The molecule has 1 aliphatic heterocycles. The van der Waals surface area contributed by atoms with E-state index >= 15 is 0 Å². The van der Waals surface area contributed by atoms with Crippen LogP contribution in [0.15, 0.2) is 48.5 Å². The van der Waals surface area contributed by atoms with Gasteiger partial charge in [-0.3, -0.25) is 4.79 Å². The van der Waals surface area contributed by atoms with Gasteiger partial charge in [-0.15, -0.1) is 0 Å². The molecular formula is C22H27N2O. The Morgan fingerprint density at radius 3 is 2.64 bits per heavy atom. The van der Waals surface area contributed by atoms with Gasteiger partial charge in [-0.25, -0.2) is 0 Å². The van der Waals surface area contributed by atoms with E-state index in [4.69, 9.17) is 0 Å². The molecule has 0 spiro atoms. The summed E-state index contributed by atoms with van der Waals surface area (Å²) >= 11 is 0. The predicted molar refractivity (Wildman–Crippen MR) is 103 cm³/mol. The smallest absolute Gasteiger partial charge is 0.227 e. The first-order valence-electron chi connectivity index (χ1n) is 9.14. The Morgan fingerprint density at radius 2 is 1.96 bits per heavy atom. The van der Waals surface area contributed by atoms with Crippen LogP contribution in [0.3, 0.4) is 0 Å². The Hall–Kier alpha value is -2.29. The molecule has 0 bridgehead atoms. The van der Waals surface area contributed by atoms with Gasteiger partial charge >= 0.3 is 0 Å². The maximum Gasteiger partial charge on any atom is 0.227 e. The Bertz CT molecular complexity index is 711. The zero-order chi connectivity index (χ0) is 17.8. The Kier molecular flexibility index (Phi) is 5.42. The van der Waals surface area contributed by atoms with E-state index in [1.807, 2.05) is 35.2 Å². The van der Waals surface area contributed by atoms with Crippen LogP contribution in [0, 0.1) is 6.07 Å². The van der Waals surface area contributed by atoms with Crippen molar-refractivity contribution in [2.75, 3.05) is 24.5 Å². The van der Waals surface area contributed by atoms with Crippen molar-refractivity contribution in [3.63, 3.8) is 0 Å². The van der Waals surface area contributed by atoms with E-state index in [-0.39, 0.29) is 11.9 Å². The van der Waals surface area contributed by atoms with Crippen molar-refractivity contribution in [3.8, 4) is 0 Å². The number of carbonyl (C=O) groups excluding carboxylic acids is 1. The van der Waals surface area contributed by atoms with Gasteiger partial charge in [0, 0.05) is 31.4 Å². The van der Waals surface area contributed by atoms with E-state index in [0.717, 1.165) is 25.2 Å². The number of rotatable bonds is 4. The molecule has 0 saturated carbocycles. The van der Waals surface area contributed by atoms with Gasteiger partial charge in [-0.1, -0.05) is 50.2 Å². The Balaban J connectivity index is 1.64. The SMILES string of the molecule is CC(C)c1c[c]cc(N2CCN(C(=O)Cc3ccccc3)C(C)C2)c1. The number of amides is 1. The summed E-state index contributed by atoms with van der Waals surface area (Å²) in [6.07, 6.45) is 0.488. The third-order valence-corrected chi connectivity index (χ3v) is 4.97. The first-order chi connectivity index (χ1) is 12.0. The van der Waals surface area contributed by atoms with Gasteiger partial charge in [0.2, 0.25) is 5.91 Å². The normalized spacial score (nSPS) is 17.8. The minimum absolute atomic E-state index is 0.215. The van der Waals surface area contributed by atoms with Crippen LogP contribution in [0.5, 0.6) is 0 Å². The summed E-state index contributed by atoms with van der Waals surface area (Å²) in [5, 5.41) is 0. The Morgan fingerprint density at radius 1 is 1.20 bits per heavy atom. The molecule has 3 heteroatoms. The summed E-state index contributed by atoms with van der Waals surface area (Å²) < 4.78 is 0. The molecule has 25 heavy (non-hydrogen) atoms. The maximum absolute atomic E-state index is 12.7. The molecule has 0 aliphatic carbocycles. The molecule has 0 aromatic heterocycles. The summed E-state index contributed by atoms with van der Waals surface area (Å²) in [6.45, 7) is 9.07. The number of piperazine rings is 1. The highest BCUT2D eigenvalue weighted by molar-refractivity contribution is 5.79. The van der Waals surface area contributed by atoms with Gasteiger partial charge < -0.3 is 9.80 Å². The van der Waals surface area contributed by atoms with Crippen molar-refractivity contribution in [1.82, 2.24) is 4.90 Å². The average Bonchev–Trinajstić information content (AvgIpc) is 2.62. The van der Waals surface area contributed by atoms with Crippen LogP contribution in [0.4, 0.5) is 5.69 Å². The summed E-state index contributed by atoms with van der Waals surface area (Å²) in [6, 6.07) is 19.9. The number of hydrogen-bond donors (Lipinski definition) is 0. The minimum atomic E-state index is 0.215. The first kappa shape index (κ1) is 17.5. The van der Waals surface area contributed by atoms with Crippen molar-refractivity contribution in [1.29, 1.82) is 0 Å². The van der Waals surface area contributed by atoms with Crippen LogP contribution in [0.2, 0.25) is 0 Å². The fourth-order valence-corrected chi connectivity index (χ4v) is 3.43.